The van der Waals surface area contributed by atoms with Gasteiger partial charge in [-0.1, -0.05) is 20.3 Å². The van der Waals surface area contributed by atoms with Gasteiger partial charge in [-0.25, -0.2) is 14.1 Å². The molecule has 0 aromatic heterocycles. The van der Waals surface area contributed by atoms with Crippen LogP contribution in [-0.2, 0) is 4.79 Å². The number of urea groups is 1. The SMILES string of the molecule is C[C@@H]1CCC[C@H](C)C12NC(=O)N(CN1CCC(NC(=O)c3ccc(F)cc3)CC1)C2=O. The summed E-state index contributed by atoms with van der Waals surface area (Å²) in [4.78, 5) is 41.8. The van der Waals surface area contributed by atoms with Crippen molar-refractivity contribution >= 4 is 17.8 Å². The number of carbonyl (C=O) groups excluding carboxylic acids is 3. The van der Waals surface area contributed by atoms with E-state index < -0.39 is 5.54 Å². The maximum atomic E-state index is 13.3. The average Bonchev–Trinajstić information content (AvgIpc) is 2.99. The molecular formula is C23H31FN4O3. The fraction of sp³-hybridized carbons (Fsp3) is 0.609. The summed E-state index contributed by atoms with van der Waals surface area (Å²) in [5, 5.41) is 6.04. The number of piperidine rings is 1. The highest BCUT2D eigenvalue weighted by atomic mass is 19.1. The molecule has 2 saturated heterocycles. The molecule has 2 aliphatic heterocycles. The Kier molecular flexibility index (Phi) is 6.01. The minimum atomic E-state index is -0.767. The van der Waals surface area contributed by atoms with Gasteiger partial charge in [0.15, 0.2) is 0 Å². The van der Waals surface area contributed by atoms with E-state index in [1.54, 1.807) is 0 Å². The zero-order valence-electron chi connectivity index (χ0n) is 18.2. The van der Waals surface area contributed by atoms with Gasteiger partial charge in [-0.2, -0.15) is 0 Å². The maximum Gasteiger partial charge on any atom is 0.326 e. The van der Waals surface area contributed by atoms with Crippen molar-refractivity contribution < 1.29 is 18.8 Å². The van der Waals surface area contributed by atoms with Crippen LogP contribution in [0.3, 0.4) is 0 Å². The van der Waals surface area contributed by atoms with E-state index in [0.29, 0.717) is 18.7 Å². The summed E-state index contributed by atoms with van der Waals surface area (Å²) in [7, 11) is 0. The lowest BCUT2D eigenvalue weighted by atomic mass is 9.67. The Morgan fingerprint density at radius 1 is 1.10 bits per heavy atom. The first-order chi connectivity index (χ1) is 14.8. The minimum Gasteiger partial charge on any atom is -0.349 e. The molecule has 1 unspecified atom stereocenters. The van der Waals surface area contributed by atoms with E-state index in [2.05, 4.69) is 29.4 Å². The lowest BCUT2D eigenvalue weighted by molar-refractivity contribution is -0.138. The molecule has 2 heterocycles. The molecule has 31 heavy (non-hydrogen) atoms. The van der Waals surface area contributed by atoms with Crippen LogP contribution in [0, 0.1) is 17.7 Å². The van der Waals surface area contributed by atoms with Gasteiger partial charge in [-0.05, 0) is 61.8 Å². The van der Waals surface area contributed by atoms with Crippen molar-refractivity contribution in [3.8, 4) is 0 Å². The molecule has 3 atom stereocenters. The van der Waals surface area contributed by atoms with Gasteiger partial charge in [-0.3, -0.25) is 14.5 Å². The Bertz CT molecular complexity index is 841. The van der Waals surface area contributed by atoms with Crippen molar-refractivity contribution in [2.75, 3.05) is 19.8 Å². The van der Waals surface area contributed by atoms with Crippen molar-refractivity contribution in [2.45, 2.75) is 57.5 Å². The Labute approximate surface area is 182 Å². The maximum absolute atomic E-state index is 13.3. The molecule has 0 radical (unpaired) electrons. The number of nitrogens with zero attached hydrogens (tertiary/aromatic N) is 2. The largest absolute Gasteiger partial charge is 0.349 e. The Balaban J connectivity index is 1.32. The highest BCUT2D eigenvalue weighted by molar-refractivity contribution is 6.07. The Morgan fingerprint density at radius 3 is 2.32 bits per heavy atom. The van der Waals surface area contributed by atoms with Gasteiger partial charge in [0.25, 0.3) is 11.8 Å². The van der Waals surface area contributed by atoms with Crippen LogP contribution in [-0.4, -0.2) is 59.0 Å². The Morgan fingerprint density at radius 2 is 1.71 bits per heavy atom. The topological polar surface area (TPSA) is 81.8 Å². The van der Waals surface area contributed by atoms with E-state index in [-0.39, 0.29) is 48.2 Å². The molecule has 1 spiro atoms. The van der Waals surface area contributed by atoms with E-state index >= 15 is 0 Å². The number of amides is 4. The fourth-order valence-corrected chi connectivity index (χ4v) is 5.37. The summed E-state index contributed by atoms with van der Waals surface area (Å²) < 4.78 is 13.0. The zero-order valence-corrected chi connectivity index (χ0v) is 18.2. The number of benzene rings is 1. The second kappa shape index (κ2) is 8.57. The second-order valence-corrected chi connectivity index (χ2v) is 9.28. The van der Waals surface area contributed by atoms with Crippen LogP contribution in [0.25, 0.3) is 0 Å². The standard InChI is InChI=1S/C23H31FN4O3/c1-15-4-3-5-16(2)23(15)21(30)28(22(31)26-23)14-27-12-10-19(11-13-27)25-20(29)17-6-8-18(24)9-7-17/h6-9,15-16,19H,3-5,10-14H2,1-2H3,(H,25,29)(H,26,31)/t15-,16+,23?. The predicted octanol–water partition coefficient (Wildman–Crippen LogP) is 2.72. The number of rotatable bonds is 4. The van der Waals surface area contributed by atoms with Crippen molar-refractivity contribution in [2.24, 2.45) is 11.8 Å². The van der Waals surface area contributed by atoms with Crippen LogP contribution in [0.5, 0.6) is 0 Å². The molecular weight excluding hydrogens is 399 g/mol. The van der Waals surface area contributed by atoms with Crippen LogP contribution in [0.1, 0.15) is 56.3 Å². The molecule has 4 amide bonds. The van der Waals surface area contributed by atoms with Gasteiger partial charge in [0.2, 0.25) is 0 Å². The predicted molar refractivity (Wildman–Crippen MR) is 114 cm³/mol. The number of halogens is 1. The number of hydrogen-bond donors (Lipinski definition) is 2. The molecule has 7 nitrogen and oxygen atoms in total. The lowest BCUT2D eigenvalue weighted by Crippen LogP contribution is -2.59. The summed E-state index contributed by atoms with van der Waals surface area (Å²) >= 11 is 0. The first-order valence-corrected chi connectivity index (χ1v) is 11.2. The molecule has 1 saturated carbocycles. The fourth-order valence-electron chi connectivity index (χ4n) is 5.37. The van der Waals surface area contributed by atoms with Gasteiger partial charge >= 0.3 is 6.03 Å². The monoisotopic (exact) mass is 430 g/mol. The zero-order chi connectivity index (χ0) is 22.2. The van der Waals surface area contributed by atoms with Crippen molar-refractivity contribution in [1.82, 2.24) is 20.4 Å². The van der Waals surface area contributed by atoms with E-state index in [9.17, 15) is 18.8 Å². The van der Waals surface area contributed by atoms with Gasteiger partial charge in [-0.15, -0.1) is 0 Å². The van der Waals surface area contributed by atoms with Crippen molar-refractivity contribution in [1.29, 1.82) is 0 Å². The summed E-state index contributed by atoms with van der Waals surface area (Å²) in [6, 6.07) is 5.22. The first kappa shape index (κ1) is 21.7. The van der Waals surface area contributed by atoms with Gasteiger partial charge in [0.1, 0.15) is 11.4 Å². The third kappa shape index (κ3) is 4.05. The quantitative estimate of drug-likeness (QED) is 0.720. The minimum absolute atomic E-state index is 0.0154. The summed E-state index contributed by atoms with van der Waals surface area (Å²) in [5.74, 6) is -0.418. The summed E-state index contributed by atoms with van der Waals surface area (Å²) in [6.07, 6.45) is 4.44. The highest BCUT2D eigenvalue weighted by Gasteiger charge is 2.58. The third-order valence-electron chi connectivity index (χ3n) is 7.36. The molecule has 3 aliphatic rings. The van der Waals surface area contributed by atoms with E-state index in [4.69, 9.17) is 0 Å². The number of hydrogen-bond acceptors (Lipinski definition) is 4. The molecule has 4 rings (SSSR count). The van der Waals surface area contributed by atoms with Crippen LogP contribution in [0.15, 0.2) is 24.3 Å². The van der Waals surface area contributed by atoms with Gasteiger partial charge in [0.05, 0.1) is 6.67 Å². The van der Waals surface area contributed by atoms with Crippen LogP contribution < -0.4 is 10.6 Å². The number of imide groups is 1. The second-order valence-electron chi connectivity index (χ2n) is 9.28. The van der Waals surface area contributed by atoms with Crippen molar-refractivity contribution in [3.63, 3.8) is 0 Å². The highest BCUT2D eigenvalue weighted by Crippen LogP contribution is 2.42. The Hall–Kier alpha value is -2.48. The van der Waals surface area contributed by atoms with Crippen LogP contribution in [0.2, 0.25) is 0 Å². The van der Waals surface area contributed by atoms with E-state index in [1.807, 2.05) is 0 Å². The van der Waals surface area contributed by atoms with E-state index in [0.717, 1.165) is 32.1 Å². The molecule has 2 N–H and O–H groups in total. The first-order valence-electron chi connectivity index (χ1n) is 11.2. The normalized spacial score (nSPS) is 30.0. The smallest absolute Gasteiger partial charge is 0.326 e. The van der Waals surface area contributed by atoms with Gasteiger partial charge in [0, 0.05) is 24.7 Å². The van der Waals surface area contributed by atoms with Crippen LogP contribution in [0.4, 0.5) is 9.18 Å². The number of likely N-dealkylation sites (tertiary alicyclic amines) is 1. The molecule has 168 valence electrons. The van der Waals surface area contributed by atoms with E-state index in [1.165, 1.54) is 29.2 Å². The number of nitrogens with one attached hydrogen (secondary N) is 2. The van der Waals surface area contributed by atoms with Crippen molar-refractivity contribution in [3.05, 3.63) is 35.6 Å². The lowest BCUT2D eigenvalue weighted by Gasteiger charge is -2.42. The molecule has 1 aromatic rings. The summed E-state index contributed by atoms with van der Waals surface area (Å²) in [5.41, 5.74) is -0.333. The average molecular weight is 431 g/mol. The third-order valence-corrected chi connectivity index (χ3v) is 7.36. The molecule has 1 aliphatic carbocycles. The van der Waals surface area contributed by atoms with Crippen LogP contribution >= 0.6 is 0 Å². The van der Waals surface area contributed by atoms with Gasteiger partial charge < -0.3 is 10.6 Å². The number of carbonyl (C=O) groups is 3. The molecule has 3 fully saturated rings. The molecule has 1 aromatic carbocycles. The molecule has 0 bridgehead atoms. The molecule has 8 heteroatoms. The summed E-state index contributed by atoms with van der Waals surface area (Å²) in [6.45, 7) is 5.77.